The van der Waals surface area contributed by atoms with E-state index in [4.69, 9.17) is 5.26 Å². The Morgan fingerprint density at radius 2 is 1.90 bits per heavy atom. The predicted molar refractivity (Wildman–Crippen MR) is 81.2 cm³/mol. The van der Waals surface area contributed by atoms with Crippen LogP contribution in [0.15, 0.2) is 12.1 Å². The molecule has 0 fully saturated rings. The van der Waals surface area contributed by atoms with Crippen LogP contribution >= 0.6 is 0 Å². The molecule has 0 aromatic heterocycles. The van der Waals surface area contributed by atoms with Gasteiger partial charge in [0.15, 0.2) is 0 Å². The maximum Gasteiger partial charge on any atom is 0.299 e. The number of anilines is 1. The van der Waals surface area contributed by atoms with E-state index in [0.29, 0.717) is 24.9 Å². The van der Waals surface area contributed by atoms with Crippen LogP contribution in [0, 0.1) is 30.6 Å². The molecule has 1 heterocycles. The van der Waals surface area contributed by atoms with Crippen molar-refractivity contribution in [3.63, 3.8) is 0 Å². The third-order valence-corrected chi connectivity index (χ3v) is 4.14. The van der Waals surface area contributed by atoms with Gasteiger partial charge in [-0.15, -0.1) is 0 Å². The molecule has 0 spiro atoms. The number of carbonyl (C=O) groups excluding carboxylic acids is 2. The molecule has 0 unspecified atom stereocenters. The largest absolute Gasteiger partial charge is 0.304 e. The van der Waals surface area contributed by atoms with Crippen LogP contribution in [0.4, 0.5) is 5.69 Å². The lowest BCUT2D eigenvalue weighted by atomic mass is 9.90. The number of amides is 1. The third kappa shape index (κ3) is 2.69. The summed E-state index contributed by atoms with van der Waals surface area (Å²) in [5.74, 6) is -0.874. The molecule has 0 saturated heterocycles. The van der Waals surface area contributed by atoms with Crippen molar-refractivity contribution < 1.29 is 9.59 Å². The first-order valence-electron chi connectivity index (χ1n) is 7.16. The molecule has 4 nitrogen and oxygen atoms in total. The molecule has 21 heavy (non-hydrogen) atoms. The molecule has 0 aliphatic carbocycles. The average molecular weight is 284 g/mol. The molecular weight excluding hydrogens is 264 g/mol. The number of rotatable bonds is 4. The molecule has 4 heteroatoms. The summed E-state index contributed by atoms with van der Waals surface area (Å²) in [6.07, 6.45) is 1.40. The minimum Gasteiger partial charge on any atom is -0.304 e. The Bertz CT molecular complexity index is 653. The van der Waals surface area contributed by atoms with Gasteiger partial charge in [0, 0.05) is 6.54 Å². The molecule has 110 valence electrons. The molecule has 2 rings (SSSR count). The van der Waals surface area contributed by atoms with Gasteiger partial charge in [-0.2, -0.15) is 5.26 Å². The van der Waals surface area contributed by atoms with E-state index in [0.717, 1.165) is 16.8 Å². The minimum absolute atomic E-state index is 0.405. The van der Waals surface area contributed by atoms with E-state index >= 15 is 0 Å². The highest BCUT2D eigenvalue weighted by Gasteiger charge is 2.37. The first-order chi connectivity index (χ1) is 9.78. The maximum absolute atomic E-state index is 12.2. The monoisotopic (exact) mass is 284 g/mol. The summed E-state index contributed by atoms with van der Waals surface area (Å²) in [4.78, 5) is 25.8. The zero-order valence-electron chi connectivity index (χ0n) is 13.0. The predicted octanol–water partition coefficient (Wildman–Crippen LogP) is 3.16. The minimum atomic E-state index is -0.450. The number of carbonyl (C=O) groups is 2. The first kappa shape index (κ1) is 15.2. The molecule has 0 bridgehead atoms. The summed E-state index contributed by atoms with van der Waals surface area (Å²) in [6, 6.07) is 5.87. The average Bonchev–Trinajstić information content (AvgIpc) is 2.68. The molecule has 1 aliphatic heterocycles. The molecule has 0 atom stereocenters. The highest BCUT2D eigenvalue weighted by atomic mass is 16.2. The highest BCUT2D eigenvalue weighted by Crippen LogP contribution is 2.34. The number of ketones is 1. The number of aryl methyl sites for hydroxylation is 1. The van der Waals surface area contributed by atoms with E-state index in [1.165, 1.54) is 0 Å². The number of hydrogen-bond donors (Lipinski definition) is 0. The third-order valence-electron chi connectivity index (χ3n) is 4.14. The second-order valence-corrected chi connectivity index (χ2v) is 6.29. The van der Waals surface area contributed by atoms with Crippen molar-refractivity contribution in [2.45, 2.75) is 40.5 Å². The van der Waals surface area contributed by atoms with Gasteiger partial charge in [0.1, 0.15) is 0 Å². The Balaban J connectivity index is 2.23. The van der Waals surface area contributed by atoms with Gasteiger partial charge in [-0.3, -0.25) is 9.59 Å². The van der Waals surface area contributed by atoms with E-state index in [-0.39, 0.29) is 0 Å². The normalized spacial score (nSPS) is 14.3. The second-order valence-electron chi connectivity index (χ2n) is 6.29. The Kier molecular flexibility index (Phi) is 3.87. The fraction of sp³-hybridized carbons (Fsp3) is 0.471. The van der Waals surface area contributed by atoms with Crippen molar-refractivity contribution in [3.05, 3.63) is 28.8 Å². The molecule has 0 radical (unpaired) electrons. The van der Waals surface area contributed by atoms with Gasteiger partial charge in [-0.25, -0.2) is 0 Å². The van der Waals surface area contributed by atoms with Gasteiger partial charge in [0.25, 0.3) is 11.7 Å². The number of benzene rings is 1. The van der Waals surface area contributed by atoms with Crippen LogP contribution in [-0.2, 0) is 4.79 Å². The lowest BCUT2D eigenvalue weighted by Gasteiger charge is -2.21. The van der Waals surface area contributed by atoms with Crippen LogP contribution in [0.2, 0.25) is 0 Å². The van der Waals surface area contributed by atoms with Crippen LogP contribution in [-0.4, -0.2) is 18.2 Å². The Labute approximate surface area is 125 Å². The van der Waals surface area contributed by atoms with Gasteiger partial charge >= 0.3 is 0 Å². The number of nitriles is 1. The van der Waals surface area contributed by atoms with Gasteiger partial charge in [0.2, 0.25) is 0 Å². The van der Waals surface area contributed by atoms with Crippen LogP contribution in [0.5, 0.6) is 0 Å². The van der Waals surface area contributed by atoms with Crippen molar-refractivity contribution in [2.24, 2.45) is 5.41 Å². The molecule has 1 aromatic carbocycles. The lowest BCUT2D eigenvalue weighted by Crippen LogP contribution is -2.31. The quantitative estimate of drug-likeness (QED) is 0.798. The molecule has 1 aromatic rings. The van der Waals surface area contributed by atoms with Crippen molar-refractivity contribution in [1.29, 1.82) is 5.26 Å². The number of hydrogen-bond acceptors (Lipinski definition) is 3. The first-order valence-corrected chi connectivity index (χ1v) is 7.16. The zero-order chi connectivity index (χ0) is 15.8. The van der Waals surface area contributed by atoms with E-state index in [1.807, 2.05) is 33.8 Å². The van der Waals surface area contributed by atoms with Gasteiger partial charge < -0.3 is 4.90 Å². The topological polar surface area (TPSA) is 61.2 Å². The molecule has 0 saturated carbocycles. The van der Waals surface area contributed by atoms with Crippen molar-refractivity contribution in [2.75, 3.05) is 11.4 Å². The Morgan fingerprint density at radius 1 is 1.24 bits per heavy atom. The summed E-state index contributed by atoms with van der Waals surface area (Å²) in [5, 5.41) is 9.03. The molecular formula is C17H20N2O2. The van der Waals surface area contributed by atoms with E-state index < -0.39 is 17.1 Å². The van der Waals surface area contributed by atoms with Crippen molar-refractivity contribution >= 4 is 17.4 Å². The van der Waals surface area contributed by atoms with Gasteiger partial charge in [0.05, 0.1) is 22.7 Å². The second kappa shape index (κ2) is 5.33. The van der Waals surface area contributed by atoms with E-state index in [2.05, 4.69) is 6.07 Å². The molecule has 1 aliphatic rings. The smallest absolute Gasteiger partial charge is 0.299 e. The SMILES string of the molecule is Cc1ccc2c(c1C)N(CCCC(C)(C)C#N)C(=O)C2=O. The molecule has 1 amide bonds. The fourth-order valence-corrected chi connectivity index (χ4v) is 2.62. The van der Waals surface area contributed by atoms with Crippen LogP contribution in [0.25, 0.3) is 0 Å². The van der Waals surface area contributed by atoms with Crippen LogP contribution < -0.4 is 4.90 Å². The summed E-state index contributed by atoms with van der Waals surface area (Å²) in [7, 11) is 0. The van der Waals surface area contributed by atoms with Crippen LogP contribution in [0.3, 0.4) is 0 Å². The Hall–Kier alpha value is -2.15. The van der Waals surface area contributed by atoms with Crippen molar-refractivity contribution in [3.8, 4) is 6.07 Å². The van der Waals surface area contributed by atoms with Crippen molar-refractivity contribution in [1.82, 2.24) is 0 Å². The summed E-state index contributed by atoms with van der Waals surface area (Å²) >= 11 is 0. The van der Waals surface area contributed by atoms with Crippen LogP contribution in [0.1, 0.15) is 48.2 Å². The standard InChI is InChI=1S/C17H20N2O2/c1-11-6-7-13-14(12(11)2)19(16(21)15(13)20)9-5-8-17(3,4)10-18/h6-7H,5,8-9H2,1-4H3. The molecule has 0 N–H and O–H groups in total. The number of nitrogens with zero attached hydrogens (tertiary/aromatic N) is 2. The van der Waals surface area contributed by atoms with E-state index in [1.54, 1.807) is 11.0 Å². The summed E-state index contributed by atoms with van der Waals surface area (Å²) in [5.41, 5.74) is 2.89. The Morgan fingerprint density at radius 3 is 2.52 bits per heavy atom. The fourth-order valence-electron chi connectivity index (χ4n) is 2.62. The summed E-state index contributed by atoms with van der Waals surface area (Å²) < 4.78 is 0. The summed E-state index contributed by atoms with van der Waals surface area (Å²) in [6.45, 7) is 8.15. The maximum atomic E-state index is 12.2. The highest BCUT2D eigenvalue weighted by molar-refractivity contribution is 6.52. The zero-order valence-corrected chi connectivity index (χ0v) is 13.0. The van der Waals surface area contributed by atoms with E-state index in [9.17, 15) is 9.59 Å². The van der Waals surface area contributed by atoms with Gasteiger partial charge in [-0.05, 0) is 57.7 Å². The van der Waals surface area contributed by atoms with Gasteiger partial charge in [-0.1, -0.05) is 6.07 Å². The number of fused-ring (bicyclic) bond motifs is 1. The lowest BCUT2D eigenvalue weighted by molar-refractivity contribution is -0.114. The number of Topliss-reactive ketones (excluding diaryl/α,β-unsaturated/α-hetero) is 1.